The minimum atomic E-state index is 0. The van der Waals surface area contributed by atoms with Crippen LogP contribution < -0.4 is 10.1 Å². The molecule has 1 aliphatic carbocycles. The van der Waals surface area contributed by atoms with Crippen LogP contribution in [0.4, 0.5) is 0 Å². The third-order valence-electron chi connectivity index (χ3n) is 5.70. The number of nitrogens with one attached hydrogen (secondary N) is 1. The van der Waals surface area contributed by atoms with Crippen molar-refractivity contribution in [1.29, 1.82) is 0 Å². The van der Waals surface area contributed by atoms with E-state index in [4.69, 9.17) is 9.47 Å². The van der Waals surface area contributed by atoms with E-state index in [-0.39, 0.29) is 24.0 Å². The number of halogens is 1. The average molecular weight is 516 g/mol. The van der Waals surface area contributed by atoms with Gasteiger partial charge in [-0.05, 0) is 43.6 Å². The van der Waals surface area contributed by atoms with E-state index in [1.165, 1.54) is 25.7 Å². The number of aromatic nitrogens is 1. The van der Waals surface area contributed by atoms with Crippen molar-refractivity contribution < 1.29 is 9.47 Å². The summed E-state index contributed by atoms with van der Waals surface area (Å²) in [4.78, 5) is 11.2. The lowest BCUT2D eigenvalue weighted by atomic mass is 10.1. The summed E-state index contributed by atoms with van der Waals surface area (Å²) in [6.07, 6.45) is 10.9. The van der Waals surface area contributed by atoms with Crippen LogP contribution in [0.3, 0.4) is 0 Å². The van der Waals surface area contributed by atoms with Crippen molar-refractivity contribution >= 4 is 29.9 Å². The normalized spacial score (nSPS) is 18.6. The second kappa shape index (κ2) is 13.3. The number of hydrogen-bond acceptors (Lipinski definition) is 4. The van der Waals surface area contributed by atoms with Crippen LogP contribution in [-0.4, -0.2) is 55.3 Å². The lowest BCUT2D eigenvalue weighted by Crippen LogP contribution is -2.46. The number of hydrogen-bond donors (Lipinski definition) is 1. The molecule has 164 valence electrons. The highest BCUT2D eigenvalue weighted by molar-refractivity contribution is 14.0. The zero-order valence-electron chi connectivity index (χ0n) is 17.9. The average Bonchev–Trinajstić information content (AvgIpc) is 3.26. The molecule has 1 N–H and O–H groups in total. The zero-order valence-corrected chi connectivity index (χ0v) is 20.3. The number of guanidine groups is 1. The molecule has 1 aromatic heterocycles. The first-order valence-electron chi connectivity index (χ1n) is 10.9. The van der Waals surface area contributed by atoms with E-state index in [0.29, 0.717) is 25.1 Å². The monoisotopic (exact) mass is 516 g/mol. The number of piperidine rings is 1. The summed E-state index contributed by atoms with van der Waals surface area (Å²) in [6.45, 7) is 6.47. The third kappa shape index (κ3) is 7.92. The van der Waals surface area contributed by atoms with Gasteiger partial charge in [-0.2, -0.15) is 0 Å². The first kappa shape index (κ1) is 24.2. The van der Waals surface area contributed by atoms with E-state index in [9.17, 15) is 0 Å². The summed E-state index contributed by atoms with van der Waals surface area (Å²) in [5.41, 5.74) is 1.12. The fraction of sp³-hybridized carbons (Fsp3) is 0.727. The minimum absolute atomic E-state index is 0. The SMILES string of the molecule is CCCOc1ccc(CNC(=NC)N2CCC(OCC3CCCC3)CC2)cn1.I. The Kier molecular flexibility index (Phi) is 11.1. The van der Waals surface area contributed by atoms with Crippen molar-refractivity contribution in [1.82, 2.24) is 15.2 Å². The first-order chi connectivity index (χ1) is 13.8. The smallest absolute Gasteiger partial charge is 0.213 e. The molecule has 0 unspecified atom stereocenters. The summed E-state index contributed by atoms with van der Waals surface area (Å²) in [5.74, 6) is 2.45. The molecular weight excluding hydrogens is 479 g/mol. The van der Waals surface area contributed by atoms with Gasteiger partial charge in [-0.3, -0.25) is 4.99 Å². The molecule has 0 aromatic carbocycles. The van der Waals surface area contributed by atoms with Gasteiger partial charge in [-0.1, -0.05) is 25.8 Å². The molecule has 2 aliphatic rings. The molecule has 0 radical (unpaired) electrons. The number of ether oxygens (including phenoxy) is 2. The third-order valence-corrected chi connectivity index (χ3v) is 5.70. The molecule has 2 fully saturated rings. The van der Waals surface area contributed by atoms with Crippen molar-refractivity contribution in [3.63, 3.8) is 0 Å². The molecule has 6 nitrogen and oxygen atoms in total. The number of likely N-dealkylation sites (tertiary alicyclic amines) is 1. The summed E-state index contributed by atoms with van der Waals surface area (Å²) < 4.78 is 11.7. The molecule has 0 spiro atoms. The van der Waals surface area contributed by atoms with Crippen LogP contribution in [0.5, 0.6) is 5.88 Å². The van der Waals surface area contributed by atoms with Gasteiger partial charge < -0.3 is 19.7 Å². The Labute approximate surface area is 192 Å². The van der Waals surface area contributed by atoms with Crippen molar-refractivity contribution in [2.24, 2.45) is 10.9 Å². The van der Waals surface area contributed by atoms with Crippen LogP contribution in [0.2, 0.25) is 0 Å². The van der Waals surface area contributed by atoms with Crippen LogP contribution >= 0.6 is 24.0 Å². The summed E-state index contributed by atoms with van der Waals surface area (Å²) in [6, 6.07) is 3.99. The molecule has 0 amide bonds. The fourth-order valence-corrected chi connectivity index (χ4v) is 4.00. The Morgan fingerprint density at radius 3 is 2.59 bits per heavy atom. The number of rotatable bonds is 8. The molecule has 0 bridgehead atoms. The van der Waals surface area contributed by atoms with Crippen LogP contribution in [0, 0.1) is 5.92 Å². The molecular formula is C22H37IN4O2. The Balaban J connectivity index is 0.00000300. The molecule has 1 saturated carbocycles. The molecule has 1 aromatic rings. The molecule has 3 rings (SSSR count). The number of aliphatic imine (C=N–C) groups is 1. The maximum absolute atomic E-state index is 6.19. The topological polar surface area (TPSA) is 59.0 Å². The van der Waals surface area contributed by atoms with Gasteiger partial charge in [0, 0.05) is 45.6 Å². The highest BCUT2D eigenvalue weighted by atomic mass is 127. The van der Waals surface area contributed by atoms with E-state index < -0.39 is 0 Å². The molecule has 0 atom stereocenters. The highest BCUT2D eigenvalue weighted by Crippen LogP contribution is 2.26. The van der Waals surface area contributed by atoms with Crippen LogP contribution in [0.15, 0.2) is 23.3 Å². The summed E-state index contributed by atoms with van der Waals surface area (Å²) in [7, 11) is 1.85. The number of pyridine rings is 1. The van der Waals surface area contributed by atoms with Gasteiger partial charge in [-0.25, -0.2) is 4.98 Å². The summed E-state index contributed by atoms with van der Waals surface area (Å²) >= 11 is 0. The van der Waals surface area contributed by atoms with Crippen LogP contribution in [0.1, 0.15) is 57.4 Å². The Hall–Kier alpha value is -1.09. The van der Waals surface area contributed by atoms with Gasteiger partial charge in [-0.15, -0.1) is 24.0 Å². The van der Waals surface area contributed by atoms with E-state index in [2.05, 4.69) is 33.2 Å². The van der Waals surface area contributed by atoms with Crippen molar-refractivity contribution in [2.75, 3.05) is 33.4 Å². The zero-order chi connectivity index (χ0) is 19.6. The Morgan fingerprint density at radius 1 is 1.21 bits per heavy atom. The lowest BCUT2D eigenvalue weighted by Gasteiger charge is -2.34. The Morgan fingerprint density at radius 2 is 1.97 bits per heavy atom. The molecule has 29 heavy (non-hydrogen) atoms. The van der Waals surface area contributed by atoms with E-state index in [1.807, 2.05) is 19.3 Å². The highest BCUT2D eigenvalue weighted by Gasteiger charge is 2.23. The predicted molar refractivity (Wildman–Crippen MR) is 128 cm³/mol. The first-order valence-corrected chi connectivity index (χ1v) is 10.9. The molecule has 1 saturated heterocycles. The number of nitrogens with zero attached hydrogens (tertiary/aromatic N) is 3. The van der Waals surface area contributed by atoms with Gasteiger partial charge >= 0.3 is 0 Å². The van der Waals surface area contributed by atoms with Crippen molar-refractivity contribution in [3.8, 4) is 5.88 Å². The van der Waals surface area contributed by atoms with E-state index in [1.54, 1.807) is 0 Å². The van der Waals surface area contributed by atoms with Gasteiger partial charge in [0.2, 0.25) is 5.88 Å². The fourth-order valence-electron chi connectivity index (χ4n) is 4.00. The van der Waals surface area contributed by atoms with Gasteiger partial charge in [0.05, 0.1) is 12.7 Å². The van der Waals surface area contributed by atoms with E-state index >= 15 is 0 Å². The molecule has 7 heteroatoms. The van der Waals surface area contributed by atoms with Gasteiger partial charge in [0.15, 0.2) is 5.96 Å². The molecule has 1 aliphatic heterocycles. The quantitative estimate of drug-likeness (QED) is 0.318. The Bertz CT molecular complexity index is 597. The second-order valence-electron chi connectivity index (χ2n) is 7.92. The van der Waals surface area contributed by atoms with Crippen molar-refractivity contribution in [2.45, 2.75) is 64.5 Å². The maximum atomic E-state index is 6.19. The van der Waals surface area contributed by atoms with Gasteiger partial charge in [0.1, 0.15) is 0 Å². The standard InChI is InChI=1S/C22H36N4O2.HI/c1-3-14-27-21-9-8-19(15-24-21)16-25-22(23-2)26-12-10-20(11-13-26)28-17-18-6-4-5-7-18;/h8-9,15,18,20H,3-7,10-14,16-17H2,1-2H3,(H,23,25);1H. The van der Waals surface area contributed by atoms with Gasteiger partial charge in [0.25, 0.3) is 0 Å². The molecule has 2 heterocycles. The van der Waals surface area contributed by atoms with Crippen LogP contribution in [0.25, 0.3) is 0 Å². The lowest BCUT2D eigenvalue weighted by molar-refractivity contribution is 0.00101. The van der Waals surface area contributed by atoms with E-state index in [0.717, 1.165) is 56.4 Å². The predicted octanol–water partition coefficient (Wildman–Crippen LogP) is 4.24. The van der Waals surface area contributed by atoms with Crippen molar-refractivity contribution in [3.05, 3.63) is 23.9 Å². The summed E-state index contributed by atoms with van der Waals surface area (Å²) in [5, 5.41) is 3.46. The largest absolute Gasteiger partial charge is 0.478 e. The minimum Gasteiger partial charge on any atom is -0.478 e. The maximum Gasteiger partial charge on any atom is 0.213 e. The van der Waals surface area contributed by atoms with Crippen LogP contribution in [-0.2, 0) is 11.3 Å². The second-order valence-corrected chi connectivity index (χ2v) is 7.92.